The van der Waals surface area contributed by atoms with Gasteiger partial charge in [0.15, 0.2) is 26.7 Å². The zero-order valence-electron chi connectivity index (χ0n) is 11.1. The van der Waals surface area contributed by atoms with Gasteiger partial charge in [0.05, 0.1) is 0 Å². The smallest absolute Gasteiger partial charge is 0.308 e. The molecule has 0 aliphatic carbocycles. The van der Waals surface area contributed by atoms with Crippen LogP contribution in [0.1, 0.15) is 0 Å². The average molecular weight is 402 g/mol. The van der Waals surface area contributed by atoms with Crippen molar-refractivity contribution in [1.82, 2.24) is 0 Å². The van der Waals surface area contributed by atoms with Crippen LogP contribution in [0.4, 0.5) is 30.7 Å². The first-order valence-electron chi connectivity index (χ1n) is 5.76. The summed E-state index contributed by atoms with van der Waals surface area (Å²) in [5.41, 5.74) is 0. The van der Waals surface area contributed by atoms with Gasteiger partial charge >= 0.3 is 22.4 Å². The third kappa shape index (κ3) is 2.08. The van der Waals surface area contributed by atoms with Gasteiger partial charge in [-0.3, -0.25) is 0 Å². The minimum atomic E-state index is -6.66. The highest BCUT2D eigenvalue weighted by Gasteiger charge is 2.85. The van der Waals surface area contributed by atoms with E-state index in [4.69, 9.17) is 0 Å². The van der Waals surface area contributed by atoms with E-state index < -0.39 is 52.8 Å². The molecular formula is C10H7F7NO4S2+. The van der Waals surface area contributed by atoms with Crippen molar-refractivity contribution in [3.05, 3.63) is 30.3 Å². The van der Waals surface area contributed by atoms with Crippen LogP contribution < -0.4 is 4.57 Å². The molecule has 136 valence electrons. The maximum atomic E-state index is 13.5. The Hall–Kier alpha value is -1.41. The number of pyridine rings is 1. The molecule has 24 heavy (non-hydrogen) atoms. The molecule has 0 saturated carbocycles. The highest BCUT2D eigenvalue weighted by Crippen LogP contribution is 2.54. The first-order chi connectivity index (χ1) is 10.6. The number of alkyl halides is 6. The highest BCUT2D eigenvalue weighted by molar-refractivity contribution is 8.23. The molecule has 1 aliphatic heterocycles. The summed E-state index contributed by atoms with van der Waals surface area (Å²) in [5.74, 6) is -7.99. The van der Waals surface area contributed by atoms with Crippen molar-refractivity contribution >= 4 is 23.8 Å². The van der Waals surface area contributed by atoms with Crippen LogP contribution in [0.15, 0.2) is 24.4 Å². The van der Waals surface area contributed by atoms with Crippen molar-refractivity contribution in [2.75, 3.05) is 0 Å². The molecule has 0 aromatic carbocycles. The molecule has 0 fully saturated rings. The van der Waals surface area contributed by atoms with Gasteiger partial charge in [-0.2, -0.15) is 30.9 Å². The van der Waals surface area contributed by atoms with Gasteiger partial charge in [0.25, 0.3) is 9.84 Å². The van der Waals surface area contributed by atoms with E-state index >= 15 is 0 Å². The second-order valence-corrected chi connectivity index (χ2v) is 8.99. The van der Waals surface area contributed by atoms with Crippen LogP contribution in [0, 0.1) is 5.95 Å². The second-order valence-electron chi connectivity index (χ2n) is 4.66. The van der Waals surface area contributed by atoms with Crippen LogP contribution in [0.25, 0.3) is 0 Å². The molecule has 1 N–H and O–H groups in total. The summed E-state index contributed by atoms with van der Waals surface area (Å²) in [7, 11) is -13.1. The van der Waals surface area contributed by atoms with Gasteiger partial charge in [0.2, 0.25) is 0 Å². The number of rotatable bonds is 2. The molecule has 1 aliphatic rings. The Balaban J connectivity index is 2.88. The van der Waals surface area contributed by atoms with Gasteiger partial charge in [-0.25, -0.2) is 12.6 Å². The van der Waals surface area contributed by atoms with Gasteiger partial charge < -0.3 is 4.55 Å². The summed E-state index contributed by atoms with van der Waals surface area (Å²) in [6, 6.07) is 2.72. The molecule has 1 atom stereocenters. The Morgan fingerprint density at radius 2 is 1.54 bits per heavy atom. The molecule has 0 amide bonds. The van der Waals surface area contributed by atoms with E-state index in [1.165, 1.54) is 0 Å². The summed E-state index contributed by atoms with van der Waals surface area (Å²) in [6.45, 7) is -1.77. The fourth-order valence-electron chi connectivity index (χ4n) is 1.84. The second kappa shape index (κ2) is 5.05. The highest BCUT2D eigenvalue weighted by atomic mass is 32.3. The van der Waals surface area contributed by atoms with Crippen molar-refractivity contribution in [2.45, 2.75) is 23.0 Å². The lowest BCUT2D eigenvalue weighted by molar-refractivity contribution is -0.709. The van der Waals surface area contributed by atoms with E-state index in [0.29, 0.717) is 12.3 Å². The first kappa shape index (κ1) is 18.9. The minimum Gasteiger partial charge on any atom is -0.308 e. The van der Waals surface area contributed by atoms with Crippen LogP contribution in [-0.4, -0.2) is 37.8 Å². The van der Waals surface area contributed by atoms with E-state index in [2.05, 4.69) is 0 Å². The van der Waals surface area contributed by atoms with Gasteiger partial charge in [-0.15, -0.1) is 4.39 Å². The molecule has 2 rings (SSSR count). The van der Waals surface area contributed by atoms with Crippen molar-refractivity contribution in [3.63, 3.8) is 0 Å². The number of nitrogens with zero attached hydrogens (tertiary/aromatic N) is 1. The largest absolute Gasteiger partial charge is 0.419 e. The van der Waals surface area contributed by atoms with E-state index in [1.54, 1.807) is 0 Å². The molecule has 5 nitrogen and oxygen atoms in total. The minimum absolute atomic E-state index is 0.123. The van der Waals surface area contributed by atoms with Gasteiger partial charge in [0, 0.05) is 12.1 Å². The lowest BCUT2D eigenvalue weighted by Crippen LogP contribution is -2.68. The number of hydrogen-bond donors (Lipinski definition) is 1. The lowest BCUT2D eigenvalue weighted by Gasteiger charge is -2.37. The van der Waals surface area contributed by atoms with E-state index in [1.807, 2.05) is 0 Å². The van der Waals surface area contributed by atoms with Gasteiger partial charge in [-0.1, -0.05) is 0 Å². The molecule has 1 aromatic heterocycles. The van der Waals surface area contributed by atoms with E-state index in [0.717, 1.165) is 12.1 Å². The standard InChI is InChI=1S/C10H6F7NO4S2/c11-6-3-1-2-4-18(6)5-7-23(19,20)9(14,15)8(12,13)10(16,17)24(7,21)22/h1-4H,5H2/p+1. The SMILES string of the molecule is O=S1(=O)C(C[n+]2ccccc2F)=S(=O)(O)C(F)(F)C(F)(F)C1(F)F. The molecule has 0 saturated heterocycles. The van der Waals surface area contributed by atoms with Crippen molar-refractivity contribution in [1.29, 1.82) is 0 Å². The summed E-state index contributed by atoms with van der Waals surface area (Å²) in [5, 5.41) is -12.7. The Morgan fingerprint density at radius 3 is 2.04 bits per heavy atom. The van der Waals surface area contributed by atoms with Gasteiger partial charge in [0.1, 0.15) is 0 Å². The Morgan fingerprint density at radius 1 is 1.00 bits per heavy atom. The maximum absolute atomic E-state index is 13.5. The third-order valence-electron chi connectivity index (χ3n) is 3.21. The molecule has 1 aromatic rings. The number of halogens is 7. The van der Waals surface area contributed by atoms with Crippen LogP contribution in [-0.2, 0) is 26.2 Å². The Bertz CT molecular complexity index is 919. The fourth-order valence-corrected chi connectivity index (χ4v) is 5.86. The zero-order chi connectivity index (χ0) is 18.8. The van der Waals surface area contributed by atoms with Crippen molar-refractivity contribution < 1.29 is 52.5 Å². The molecule has 0 radical (unpaired) electrons. The first-order valence-corrected chi connectivity index (χ1v) is 8.76. The average Bonchev–Trinajstić information content (AvgIpc) is 2.44. The predicted octanol–water partition coefficient (Wildman–Crippen LogP) is 1.25. The summed E-state index contributed by atoms with van der Waals surface area (Å²) in [6.07, 6.45) is 0.677. The molecule has 0 spiro atoms. The lowest BCUT2D eigenvalue weighted by atomic mass is 10.3. The summed E-state index contributed by atoms with van der Waals surface area (Å²) >= 11 is 0. The molecular weight excluding hydrogens is 395 g/mol. The topological polar surface area (TPSA) is 75.3 Å². The Kier molecular flexibility index (Phi) is 3.98. The van der Waals surface area contributed by atoms with Crippen molar-refractivity contribution in [3.8, 4) is 0 Å². The number of hydrogen-bond acceptors (Lipinski definition) is 3. The van der Waals surface area contributed by atoms with Crippen molar-refractivity contribution in [2.24, 2.45) is 0 Å². The predicted molar refractivity (Wildman–Crippen MR) is 66.1 cm³/mol. The van der Waals surface area contributed by atoms with Crippen LogP contribution >= 0.6 is 0 Å². The van der Waals surface area contributed by atoms with Crippen LogP contribution in [0.2, 0.25) is 0 Å². The Labute approximate surface area is 130 Å². The number of sulfone groups is 1. The van der Waals surface area contributed by atoms with Crippen LogP contribution in [0.5, 0.6) is 0 Å². The molecule has 0 bridgehead atoms. The zero-order valence-corrected chi connectivity index (χ0v) is 12.7. The van der Waals surface area contributed by atoms with E-state index in [-0.39, 0.29) is 4.57 Å². The van der Waals surface area contributed by atoms with E-state index in [9.17, 15) is 47.9 Å². The summed E-state index contributed by atoms with van der Waals surface area (Å²) in [4.78, 5) is 0. The quantitative estimate of drug-likeness (QED) is 0.350. The summed E-state index contributed by atoms with van der Waals surface area (Å²) < 4.78 is 136. The molecule has 1 unspecified atom stereocenters. The van der Waals surface area contributed by atoms with Crippen LogP contribution in [0.3, 0.4) is 0 Å². The number of aromatic nitrogens is 1. The maximum Gasteiger partial charge on any atom is 0.419 e. The molecule has 2 heterocycles. The fraction of sp³-hybridized carbons (Fsp3) is 0.400. The third-order valence-corrected chi connectivity index (χ3v) is 7.90. The molecule has 14 heteroatoms. The normalized spacial score (nSPS) is 30.1. The monoisotopic (exact) mass is 402 g/mol. The van der Waals surface area contributed by atoms with Gasteiger partial charge in [-0.05, 0) is 6.07 Å².